The molecule has 0 amide bonds. The van der Waals surface area contributed by atoms with E-state index < -0.39 is 0 Å². The van der Waals surface area contributed by atoms with Crippen molar-refractivity contribution in [2.75, 3.05) is 24.5 Å². The lowest BCUT2D eigenvalue weighted by Gasteiger charge is -2.28. The summed E-state index contributed by atoms with van der Waals surface area (Å²) in [4.78, 5) is 11.5. The predicted octanol–water partition coefficient (Wildman–Crippen LogP) is 22.4. The van der Waals surface area contributed by atoms with Gasteiger partial charge in [-0.15, -0.1) is 0 Å². The summed E-state index contributed by atoms with van der Waals surface area (Å²) >= 11 is 0. The molecule has 0 radical (unpaired) electrons. The van der Waals surface area contributed by atoms with E-state index >= 15 is 0 Å². The third kappa shape index (κ3) is 11.2. The van der Waals surface area contributed by atoms with Crippen LogP contribution in [-0.4, -0.2) is 0 Å². The van der Waals surface area contributed by atoms with E-state index in [2.05, 4.69) is 382 Å². The topological polar surface area (TPSA) is 16.2 Å². The van der Waals surface area contributed by atoms with Crippen LogP contribution in [0.2, 0.25) is 0 Å². The second kappa shape index (κ2) is 24.1. The van der Waals surface area contributed by atoms with Gasteiger partial charge < -0.3 is 24.5 Å². The summed E-state index contributed by atoms with van der Waals surface area (Å²) in [5.74, 6) is 0. The van der Waals surface area contributed by atoms with Crippen molar-refractivity contribution in [3.63, 3.8) is 0 Å². The van der Waals surface area contributed by atoms with Crippen LogP contribution in [0, 0.1) is 0 Å². The van der Waals surface area contributed by atoms with E-state index in [9.17, 15) is 0 Å². The van der Waals surface area contributed by atoms with Gasteiger partial charge in [-0.2, -0.15) is 0 Å². The van der Waals surface area contributed by atoms with Crippen LogP contribution in [0.5, 0.6) is 0 Å². The summed E-state index contributed by atoms with van der Waals surface area (Å²) in [6.45, 7) is 0. The van der Waals surface area contributed by atoms with Gasteiger partial charge in [-0.3, -0.25) is 0 Å². The number of hydrogen-bond acceptors (Lipinski definition) is 5. The fraction of sp³-hybridized carbons (Fsp3) is 0. The molecule has 13 rings (SSSR count). The van der Waals surface area contributed by atoms with Gasteiger partial charge in [0, 0.05) is 85.3 Å². The number of nitrogens with zero attached hydrogens (tertiary/aromatic N) is 5. The Kier molecular flexibility index (Phi) is 14.9. The van der Waals surface area contributed by atoms with Crippen LogP contribution in [0.4, 0.5) is 85.3 Å². The average molecular weight is 1070 g/mol. The van der Waals surface area contributed by atoms with Gasteiger partial charge in [0.05, 0.1) is 0 Å². The normalized spacial score (nSPS) is 10.9. The van der Waals surface area contributed by atoms with Gasteiger partial charge in [-0.1, -0.05) is 176 Å². The van der Waals surface area contributed by atoms with E-state index in [4.69, 9.17) is 0 Å². The van der Waals surface area contributed by atoms with Gasteiger partial charge >= 0.3 is 0 Å². The minimum atomic E-state index is 1.07. The van der Waals surface area contributed by atoms with Crippen molar-refractivity contribution in [2.24, 2.45) is 0 Å². The molecule has 83 heavy (non-hydrogen) atoms. The molecule has 0 heterocycles. The Morgan fingerprint density at radius 1 is 0.0964 bits per heavy atom. The van der Waals surface area contributed by atoms with Crippen LogP contribution in [0.1, 0.15) is 0 Å². The predicted molar refractivity (Wildman–Crippen MR) is 351 cm³/mol. The standard InChI is InChI=1S/C78H59N5/c1-8-22-64(23-9-1)79(65-24-10-2-11-25-65)75-52-56-77(57-53-75)82(69-32-18-6-19-33-69)73-48-40-62(41-49-73)60-36-44-71(45-37-60)81(68-30-16-5-17-31-68)72-46-38-61(39-47-72)63-42-50-74(51-43-63)83(70-34-20-7-21-35-70)78-58-54-76(55-59-78)80(66-26-12-3-13-27-66)67-28-14-4-15-29-67/h1-59H. The third-order valence-electron chi connectivity index (χ3n) is 15.0. The Morgan fingerprint density at radius 3 is 0.313 bits per heavy atom. The molecule has 0 N–H and O–H groups in total. The van der Waals surface area contributed by atoms with Gasteiger partial charge in [0.2, 0.25) is 0 Å². The van der Waals surface area contributed by atoms with Crippen molar-refractivity contribution in [1.82, 2.24) is 0 Å². The van der Waals surface area contributed by atoms with E-state index in [1.54, 1.807) is 0 Å². The van der Waals surface area contributed by atoms with Crippen molar-refractivity contribution in [1.29, 1.82) is 0 Å². The SMILES string of the molecule is c1ccc(N(c2ccc(-c3ccc(N(c4ccccc4)c4ccc(N(c5ccccc5)c5ccccc5)cc4)cc3)cc2)c2ccc(-c3ccc(N(c4ccccc4)c4ccc(N(c5ccccc5)c5ccccc5)cc4)cc3)cc2)cc1. The molecule has 5 nitrogen and oxygen atoms in total. The van der Waals surface area contributed by atoms with Gasteiger partial charge in [0.1, 0.15) is 0 Å². The highest BCUT2D eigenvalue weighted by Crippen LogP contribution is 2.43. The maximum Gasteiger partial charge on any atom is 0.0463 e. The van der Waals surface area contributed by atoms with Crippen LogP contribution in [-0.2, 0) is 0 Å². The van der Waals surface area contributed by atoms with Gasteiger partial charge in [0.25, 0.3) is 0 Å². The molecule has 0 bridgehead atoms. The monoisotopic (exact) mass is 1070 g/mol. The highest BCUT2D eigenvalue weighted by Gasteiger charge is 2.19. The summed E-state index contributed by atoms with van der Waals surface area (Å²) < 4.78 is 0. The quantitative estimate of drug-likeness (QED) is 0.0901. The van der Waals surface area contributed by atoms with Crippen molar-refractivity contribution in [2.45, 2.75) is 0 Å². The Morgan fingerprint density at radius 2 is 0.193 bits per heavy atom. The Balaban J connectivity index is 0.742. The van der Waals surface area contributed by atoms with Crippen molar-refractivity contribution in [3.05, 3.63) is 358 Å². The molecule has 13 aromatic rings. The van der Waals surface area contributed by atoms with E-state index in [-0.39, 0.29) is 0 Å². The Bertz CT molecular complexity index is 3780. The fourth-order valence-electron chi connectivity index (χ4n) is 11.0. The summed E-state index contributed by atoms with van der Waals surface area (Å²) in [7, 11) is 0. The second-order valence-corrected chi connectivity index (χ2v) is 20.2. The zero-order valence-electron chi connectivity index (χ0n) is 45.8. The summed E-state index contributed by atoms with van der Waals surface area (Å²) in [6, 6.07) is 127. The lowest BCUT2D eigenvalue weighted by molar-refractivity contribution is 1.25. The number of benzene rings is 13. The first-order valence-electron chi connectivity index (χ1n) is 28.2. The third-order valence-corrected chi connectivity index (χ3v) is 15.0. The number of rotatable bonds is 17. The molecule has 13 aromatic carbocycles. The Hall–Kier alpha value is -11.1. The van der Waals surface area contributed by atoms with Crippen LogP contribution >= 0.6 is 0 Å². The minimum absolute atomic E-state index is 1.07. The first-order chi connectivity index (χ1) is 41.2. The van der Waals surface area contributed by atoms with Crippen LogP contribution in [0.3, 0.4) is 0 Å². The van der Waals surface area contributed by atoms with Gasteiger partial charge in [-0.05, 0) is 204 Å². The lowest BCUT2D eigenvalue weighted by atomic mass is 10.0. The van der Waals surface area contributed by atoms with Gasteiger partial charge in [-0.25, -0.2) is 0 Å². The molecule has 0 aliphatic heterocycles. The van der Waals surface area contributed by atoms with Crippen LogP contribution in [0.25, 0.3) is 22.3 Å². The highest BCUT2D eigenvalue weighted by atomic mass is 15.2. The first-order valence-corrected chi connectivity index (χ1v) is 28.2. The van der Waals surface area contributed by atoms with E-state index in [1.807, 2.05) is 0 Å². The molecule has 0 aromatic heterocycles. The molecule has 0 atom stereocenters. The van der Waals surface area contributed by atoms with E-state index in [1.165, 1.54) is 0 Å². The molecule has 0 saturated heterocycles. The maximum atomic E-state index is 2.32. The van der Waals surface area contributed by atoms with E-state index in [0.717, 1.165) is 108 Å². The first kappa shape index (κ1) is 51.3. The molecule has 0 saturated carbocycles. The maximum absolute atomic E-state index is 2.32. The highest BCUT2D eigenvalue weighted by molar-refractivity contribution is 5.86. The molecule has 396 valence electrons. The molecule has 0 aliphatic carbocycles. The molecular weight excluding hydrogens is 1010 g/mol. The summed E-state index contributed by atoms with van der Waals surface area (Å²) in [5.41, 5.74) is 20.9. The molecule has 5 heteroatoms. The molecule has 0 unspecified atom stereocenters. The molecular formula is C78H59N5. The molecule has 0 aliphatic rings. The van der Waals surface area contributed by atoms with Crippen molar-refractivity contribution < 1.29 is 0 Å². The van der Waals surface area contributed by atoms with E-state index in [0.29, 0.717) is 0 Å². The summed E-state index contributed by atoms with van der Waals surface area (Å²) in [5, 5.41) is 0. The zero-order valence-corrected chi connectivity index (χ0v) is 45.8. The fourth-order valence-corrected chi connectivity index (χ4v) is 11.0. The summed E-state index contributed by atoms with van der Waals surface area (Å²) in [6.07, 6.45) is 0. The number of para-hydroxylation sites is 7. The average Bonchev–Trinajstić information content (AvgIpc) is 3.71. The van der Waals surface area contributed by atoms with Crippen molar-refractivity contribution >= 4 is 85.3 Å². The zero-order chi connectivity index (χ0) is 55.6. The molecule has 0 spiro atoms. The lowest BCUT2D eigenvalue weighted by Crippen LogP contribution is -2.12. The van der Waals surface area contributed by atoms with Gasteiger partial charge in [0.15, 0.2) is 0 Å². The van der Waals surface area contributed by atoms with Crippen molar-refractivity contribution in [3.8, 4) is 22.3 Å². The second-order valence-electron chi connectivity index (χ2n) is 20.2. The largest absolute Gasteiger partial charge is 0.311 e. The Labute approximate surface area is 487 Å². The number of anilines is 15. The van der Waals surface area contributed by atoms with Crippen LogP contribution in [0.15, 0.2) is 358 Å². The minimum Gasteiger partial charge on any atom is -0.311 e. The number of hydrogen-bond donors (Lipinski definition) is 0. The molecule has 0 fully saturated rings. The smallest absolute Gasteiger partial charge is 0.0463 e. The van der Waals surface area contributed by atoms with Crippen LogP contribution < -0.4 is 24.5 Å².